The van der Waals surface area contributed by atoms with Crippen LogP contribution in [0.3, 0.4) is 0 Å². The Bertz CT molecular complexity index is 552. The van der Waals surface area contributed by atoms with Crippen LogP contribution in [0.1, 0.15) is 11.1 Å². The third-order valence-electron chi connectivity index (χ3n) is 2.68. The smallest absolute Gasteiger partial charge is 0.150 e. The summed E-state index contributed by atoms with van der Waals surface area (Å²) in [6.45, 7) is 4.08. The van der Waals surface area contributed by atoms with Gasteiger partial charge in [-0.3, -0.25) is 0 Å². The van der Waals surface area contributed by atoms with Crippen molar-refractivity contribution >= 4 is 21.6 Å². The van der Waals surface area contributed by atoms with Crippen LogP contribution < -0.4 is 10.5 Å². The largest absolute Gasteiger partial charge is 0.454 e. The second kappa shape index (κ2) is 4.80. The van der Waals surface area contributed by atoms with Crippen molar-refractivity contribution in [1.29, 1.82) is 0 Å². The number of aryl methyl sites for hydroxylation is 2. The molecular formula is C14H14BrNO. The molecule has 2 N–H and O–H groups in total. The highest BCUT2D eigenvalue weighted by atomic mass is 79.9. The maximum Gasteiger partial charge on any atom is 0.150 e. The summed E-state index contributed by atoms with van der Waals surface area (Å²) in [6, 6.07) is 11.6. The van der Waals surface area contributed by atoms with Crippen LogP contribution >= 0.6 is 15.9 Å². The number of hydrogen-bond acceptors (Lipinski definition) is 2. The maximum atomic E-state index is 5.95. The summed E-state index contributed by atoms with van der Waals surface area (Å²) >= 11 is 3.45. The van der Waals surface area contributed by atoms with Gasteiger partial charge in [0.25, 0.3) is 0 Å². The van der Waals surface area contributed by atoms with Crippen molar-refractivity contribution in [2.75, 3.05) is 5.73 Å². The lowest BCUT2D eigenvalue weighted by Crippen LogP contribution is -1.95. The van der Waals surface area contributed by atoms with Crippen LogP contribution in [0.2, 0.25) is 0 Å². The van der Waals surface area contributed by atoms with Crippen molar-refractivity contribution in [1.82, 2.24) is 0 Å². The highest BCUT2D eigenvalue weighted by Crippen LogP contribution is 2.33. The summed E-state index contributed by atoms with van der Waals surface area (Å²) < 4.78 is 6.72. The SMILES string of the molecule is Cc1cc(N)c(Oc2ccccc2Br)cc1C. The summed E-state index contributed by atoms with van der Waals surface area (Å²) in [7, 11) is 0. The van der Waals surface area contributed by atoms with Gasteiger partial charge in [-0.15, -0.1) is 0 Å². The van der Waals surface area contributed by atoms with E-state index in [-0.39, 0.29) is 0 Å². The first-order valence-electron chi connectivity index (χ1n) is 5.37. The Morgan fingerprint density at radius 1 is 1.00 bits per heavy atom. The van der Waals surface area contributed by atoms with Gasteiger partial charge in [0.2, 0.25) is 0 Å². The van der Waals surface area contributed by atoms with E-state index in [0.717, 1.165) is 10.2 Å². The van der Waals surface area contributed by atoms with E-state index in [4.69, 9.17) is 10.5 Å². The van der Waals surface area contributed by atoms with E-state index >= 15 is 0 Å². The van der Waals surface area contributed by atoms with Crippen molar-refractivity contribution < 1.29 is 4.74 Å². The first-order chi connectivity index (χ1) is 8.08. The molecule has 0 fully saturated rings. The van der Waals surface area contributed by atoms with Gasteiger partial charge in [0.1, 0.15) is 5.75 Å². The molecule has 2 aromatic rings. The predicted molar refractivity (Wildman–Crippen MR) is 74.5 cm³/mol. The van der Waals surface area contributed by atoms with Gasteiger partial charge in [-0.1, -0.05) is 12.1 Å². The number of hydrogen-bond donors (Lipinski definition) is 1. The maximum absolute atomic E-state index is 5.95. The zero-order valence-corrected chi connectivity index (χ0v) is 11.4. The molecule has 0 atom stereocenters. The fraction of sp³-hybridized carbons (Fsp3) is 0.143. The van der Waals surface area contributed by atoms with E-state index in [1.165, 1.54) is 11.1 Å². The number of para-hydroxylation sites is 1. The Labute approximate surface area is 110 Å². The quantitative estimate of drug-likeness (QED) is 0.830. The van der Waals surface area contributed by atoms with Gasteiger partial charge in [-0.2, -0.15) is 0 Å². The Balaban J connectivity index is 2.37. The summed E-state index contributed by atoms with van der Waals surface area (Å²) in [5, 5.41) is 0. The summed E-state index contributed by atoms with van der Waals surface area (Å²) in [6.07, 6.45) is 0. The van der Waals surface area contributed by atoms with Gasteiger partial charge in [-0.05, 0) is 65.2 Å². The number of ether oxygens (including phenoxy) is 1. The van der Waals surface area contributed by atoms with Crippen molar-refractivity contribution in [3.8, 4) is 11.5 Å². The lowest BCUT2D eigenvalue weighted by atomic mass is 10.1. The zero-order chi connectivity index (χ0) is 12.4. The standard InChI is InChI=1S/C14H14BrNO/c1-9-7-12(16)14(8-10(9)2)17-13-6-4-3-5-11(13)15/h3-8H,16H2,1-2H3. The highest BCUT2D eigenvalue weighted by Gasteiger charge is 2.06. The fourth-order valence-corrected chi connectivity index (χ4v) is 1.91. The highest BCUT2D eigenvalue weighted by molar-refractivity contribution is 9.10. The van der Waals surface area contributed by atoms with Gasteiger partial charge in [0, 0.05) is 0 Å². The molecule has 88 valence electrons. The van der Waals surface area contributed by atoms with Crippen molar-refractivity contribution in [3.05, 3.63) is 52.0 Å². The van der Waals surface area contributed by atoms with Crippen LogP contribution in [0.15, 0.2) is 40.9 Å². The molecule has 2 rings (SSSR count). The number of nitrogen functional groups attached to an aromatic ring is 1. The van der Waals surface area contributed by atoms with Gasteiger partial charge in [-0.25, -0.2) is 0 Å². The van der Waals surface area contributed by atoms with E-state index < -0.39 is 0 Å². The van der Waals surface area contributed by atoms with Crippen LogP contribution in [0, 0.1) is 13.8 Å². The molecule has 0 spiro atoms. The minimum absolute atomic E-state index is 0.656. The molecule has 0 bridgehead atoms. The number of halogens is 1. The summed E-state index contributed by atoms with van der Waals surface area (Å²) in [5.41, 5.74) is 8.94. The molecule has 2 aromatic carbocycles. The second-order valence-corrected chi connectivity index (χ2v) is 4.86. The molecular weight excluding hydrogens is 278 g/mol. The first-order valence-corrected chi connectivity index (χ1v) is 6.16. The fourth-order valence-electron chi connectivity index (χ4n) is 1.55. The second-order valence-electron chi connectivity index (χ2n) is 4.01. The van der Waals surface area contributed by atoms with E-state index in [1.54, 1.807) is 0 Å². The van der Waals surface area contributed by atoms with Gasteiger partial charge < -0.3 is 10.5 Å². The normalized spacial score (nSPS) is 10.3. The number of nitrogens with two attached hydrogens (primary N) is 1. The van der Waals surface area contributed by atoms with Gasteiger partial charge in [0.15, 0.2) is 5.75 Å². The minimum Gasteiger partial charge on any atom is -0.454 e. The third-order valence-corrected chi connectivity index (χ3v) is 3.34. The van der Waals surface area contributed by atoms with E-state index in [1.807, 2.05) is 50.2 Å². The van der Waals surface area contributed by atoms with E-state index in [0.29, 0.717) is 11.4 Å². The molecule has 0 saturated heterocycles. The molecule has 0 aliphatic rings. The first kappa shape index (κ1) is 12.0. The van der Waals surface area contributed by atoms with Crippen molar-refractivity contribution in [3.63, 3.8) is 0 Å². The van der Waals surface area contributed by atoms with Crippen LogP contribution in [-0.2, 0) is 0 Å². The number of rotatable bonds is 2. The van der Waals surface area contributed by atoms with Crippen LogP contribution in [0.25, 0.3) is 0 Å². The molecule has 0 aliphatic heterocycles. The zero-order valence-electron chi connectivity index (χ0n) is 9.83. The molecule has 0 radical (unpaired) electrons. The van der Waals surface area contributed by atoms with E-state index in [2.05, 4.69) is 15.9 Å². The molecule has 2 nitrogen and oxygen atoms in total. The monoisotopic (exact) mass is 291 g/mol. The molecule has 0 unspecified atom stereocenters. The van der Waals surface area contributed by atoms with Crippen LogP contribution in [0.4, 0.5) is 5.69 Å². The lowest BCUT2D eigenvalue weighted by molar-refractivity contribution is 0.481. The molecule has 17 heavy (non-hydrogen) atoms. The Morgan fingerprint density at radius 3 is 2.35 bits per heavy atom. The Morgan fingerprint density at radius 2 is 1.65 bits per heavy atom. The number of benzene rings is 2. The average molecular weight is 292 g/mol. The summed E-state index contributed by atoms with van der Waals surface area (Å²) in [5.74, 6) is 1.46. The molecule has 3 heteroatoms. The minimum atomic E-state index is 0.656. The Hall–Kier alpha value is -1.48. The molecule has 0 aromatic heterocycles. The molecule has 0 heterocycles. The molecule has 0 saturated carbocycles. The average Bonchev–Trinajstić information content (AvgIpc) is 2.29. The van der Waals surface area contributed by atoms with Gasteiger partial charge in [0.05, 0.1) is 10.2 Å². The predicted octanol–water partition coefficient (Wildman–Crippen LogP) is 4.44. The topological polar surface area (TPSA) is 35.2 Å². The van der Waals surface area contributed by atoms with Crippen LogP contribution in [-0.4, -0.2) is 0 Å². The molecule has 0 aliphatic carbocycles. The molecule has 0 amide bonds. The van der Waals surface area contributed by atoms with Crippen LogP contribution in [0.5, 0.6) is 11.5 Å². The lowest BCUT2D eigenvalue weighted by Gasteiger charge is -2.12. The Kier molecular flexibility index (Phi) is 3.38. The van der Waals surface area contributed by atoms with Crippen molar-refractivity contribution in [2.24, 2.45) is 0 Å². The third kappa shape index (κ3) is 2.61. The van der Waals surface area contributed by atoms with E-state index in [9.17, 15) is 0 Å². The van der Waals surface area contributed by atoms with Crippen molar-refractivity contribution in [2.45, 2.75) is 13.8 Å². The summed E-state index contributed by atoms with van der Waals surface area (Å²) in [4.78, 5) is 0. The van der Waals surface area contributed by atoms with Gasteiger partial charge >= 0.3 is 0 Å². The number of anilines is 1.